The summed E-state index contributed by atoms with van der Waals surface area (Å²) in [5, 5.41) is 12.0. The molecular weight excluding hydrogens is 315 g/mol. The molecule has 1 saturated heterocycles. The van der Waals surface area contributed by atoms with Gasteiger partial charge in [0.2, 0.25) is 0 Å². The summed E-state index contributed by atoms with van der Waals surface area (Å²) >= 11 is 11.9. The Labute approximate surface area is 132 Å². The number of amides is 2. The number of nitrogens with one attached hydrogen (secondary N) is 1. The van der Waals surface area contributed by atoms with Crippen LogP contribution in [-0.2, 0) is 0 Å². The average Bonchev–Trinajstić information content (AvgIpc) is 2.43. The number of likely N-dealkylation sites (tertiary alicyclic amines) is 1. The van der Waals surface area contributed by atoms with Gasteiger partial charge in [-0.3, -0.25) is 0 Å². The number of anilines is 1. The van der Waals surface area contributed by atoms with E-state index in [0.29, 0.717) is 19.0 Å². The molecule has 21 heavy (non-hydrogen) atoms. The van der Waals surface area contributed by atoms with Crippen LogP contribution in [-0.4, -0.2) is 35.1 Å². The molecule has 1 aromatic rings. The number of rotatable bonds is 2. The summed E-state index contributed by atoms with van der Waals surface area (Å²) in [5.41, 5.74) is -0.150. The van der Waals surface area contributed by atoms with Crippen LogP contribution in [0.2, 0.25) is 10.0 Å². The highest BCUT2D eigenvalue weighted by atomic mass is 35.5. The number of carboxylic acids is 1. The molecule has 1 aliphatic heterocycles. The summed E-state index contributed by atoms with van der Waals surface area (Å²) < 4.78 is 0. The normalized spacial score (nSPS) is 15.9. The summed E-state index contributed by atoms with van der Waals surface area (Å²) in [5.74, 6) is -0.636. The molecule has 114 valence electrons. The molecule has 0 aromatic heterocycles. The number of carbonyl (C=O) groups is 2. The number of carbonyl (C=O) groups excluding carboxylic acids is 1. The monoisotopic (exact) mass is 330 g/mol. The molecule has 7 heteroatoms. The van der Waals surface area contributed by atoms with Gasteiger partial charge < -0.3 is 15.3 Å². The molecule has 1 heterocycles. The molecule has 1 fully saturated rings. The van der Waals surface area contributed by atoms with E-state index >= 15 is 0 Å². The largest absolute Gasteiger partial charge is 0.478 e. The second-order valence-corrected chi connectivity index (χ2v) is 6.00. The third-order valence-electron chi connectivity index (χ3n) is 3.62. The number of benzene rings is 1. The van der Waals surface area contributed by atoms with E-state index in [9.17, 15) is 14.7 Å². The standard InChI is InChI=1S/C14H16Cl2N2O3/c1-8-4-6-18(7-5-8)14(21)17-12-10(16)3-2-9(15)11(12)13(19)20/h2-3,8H,4-7H2,1H3,(H,17,21)(H,19,20). The lowest BCUT2D eigenvalue weighted by molar-refractivity contribution is 0.0698. The SMILES string of the molecule is CC1CCN(C(=O)Nc2c(Cl)ccc(Cl)c2C(=O)O)CC1. The summed E-state index contributed by atoms with van der Waals surface area (Å²) in [7, 11) is 0. The number of hydrogen-bond acceptors (Lipinski definition) is 2. The molecular formula is C14H16Cl2N2O3. The Bertz CT molecular complexity index is 570. The smallest absolute Gasteiger partial charge is 0.339 e. The van der Waals surface area contributed by atoms with Gasteiger partial charge in [-0.2, -0.15) is 0 Å². The number of carboxylic acid groups (broad SMARTS) is 1. The topological polar surface area (TPSA) is 69.6 Å². The maximum absolute atomic E-state index is 12.2. The van der Waals surface area contributed by atoms with Crippen LogP contribution >= 0.6 is 23.2 Å². The van der Waals surface area contributed by atoms with E-state index in [1.165, 1.54) is 12.1 Å². The van der Waals surface area contributed by atoms with E-state index in [0.717, 1.165) is 12.8 Å². The molecule has 0 saturated carbocycles. The Morgan fingerprint density at radius 2 is 1.81 bits per heavy atom. The first-order valence-electron chi connectivity index (χ1n) is 6.67. The first kappa shape index (κ1) is 15.9. The van der Waals surface area contributed by atoms with Gasteiger partial charge in [-0.25, -0.2) is 9.59 Å². The Balaban J connectivity index is 2.21. The van der Waals surface area contributed by atoms with Gasteiger partial charge in [0.25, 0.3) is 0 Å². The fourth-order valence-electron chi connectivity index (χ4n) is 2.28. The number of piperidine rings is 1. The average molecular weight is 331 g/mol. The van der Waals surface area contributed by atoms with Crippen molar-refractivity contribution in [1.29, 1.82) is 0 Å². The van der Waals surface area contributed by atoms with Crippen molar-refractivity contribution in [1.82, 2.24) is 4.90 Å². The highest BCUT2D eigenvalue weighted by Gasteiger charge is 2.24. The first-order chi connectivity index (χ1) is 9.90. The number of aromatic carboxylic acids is 1. The van der Waals surface area contributed by atoms with Crippen LogP contribution in [0.25, 0.3) is 0 Å². The third kappa shape index (κ3) is 3.60. The molecule has 5 nitrogen and oxygen atoms in total. The number of urea groups is 1. The Kier molecular flexibility index (Phi) is 4.96. The van der Waals surface area contributed by atoms with Gasteiger partial charge >= 0.3 is 12.0 Å². The van der Waals surface area contributed by atoms with Crippen molar-refractivity contribution in [2.75, 3.05) is 18.4 Å². The van der Waals surface area contributed by atoms with Crippen LogP contribution in [0.5, 0.6) is 0 Å². The lowest BCUT2D eigenvalue weighted by Crippen LogP contribution is -2.40. The van der Waals surface area contributed by atoms with Crippen molar-refractivity contribution in [3.8, 4) is 0 Å². The first-order valence-corrected chi connectivity index (χ1v) is 7.43. The van der Waals surface area contributed by atoms with Crippen molar-refractivity contribution in [2.24, 2.45) is 5.92 Å². The minimum Gasteiger partial charge on any atom is -0.478 e. The fourth-order valence-corrected chi connectivity index (χ4v) is 2.72. The minimum absolute atomic E-state index is 0.0365. The summed E-state index contributed by atoms with van der Waals surface area (Å²) in [4.78, 5) is 25.2. The lowest BCUT2D eigenvalue weighted by Gasteiger charge is -2.30. The molecule has 0 bridgehead atoms. The highest BCUT2D eigenvalue weighted by molar-refractivity contribution is 6.38. The van der Waals surface area contributed by atoms with Crippen molar-refractivity contribution >= 4 is 40.9 Å². The van der Waals surface area contributed by atoms with Gasteiger partial charge in [-0.15, -0.1) is 0 Å². The molecule has 0 spiro atoms. The van der Waals surface area contributed by atoms with Crippen molar-refractivity contribution in [3.05, 3.63) is 27.7 Å². The zero-order valence-corrected chi connectivity index (χ0v) is 13.0. The van der Waals surface area contributed by atoms with E-state index < -0.39 is 5.97 Å². The molecule has 1 aliphatic rings. The predicted octanol–water partition coefficient (Wildman–Crippen LogP) is 3.96. The van der Waals surface area contributed by atoms with E-state index in [1.807, 2.05) is 0 Å². The zero-order valence-electron chi connectivity index (χ0n) is 11.5. The number of nitrogens with zero attached hydrogens (tertiary/aromatic N) is 1. The van der Waals surface area contributed by atoms with E-state index in [-0.39, 0.29) is 27.3 Å². The van der Waals surface area contributed by atoms with Crippen LogP contribution in [0, 0.1) is 5.92 Å². The summed E-state index contributed by atoms with van der Waals surface area (Å²) in [6, 6.07) is 2.50. The Hall–Kier alpha value is -1.46. The molecule has 0 radical (unpaired) electrons. The molecule has 2 N–H and O–H groups in total. The fraction of sp³-hybridized carbons (Fsp3) is 0.429. The Morgan fingerprint density at radius 1 is 1.24 bits per heavy atom. The van der Waals surface area contributed by atoms with Crippen molar-refractivity contribution in [2.45, 2.75) is 19.8 Å². The number of hydrogen-bond donors (Lipinski definition) is 2. The van der Waals surface area contributed by atoms with Crippen LogP contribution in [0.3, 0.4) is 0 Å². The van der Waals surface area contributed by atoms with E-state index in [4.69, 9.17) is 23.2 Å². The minimum atomic E-state index is -1.23. The van der Waals surface area contributed by atoms with Crippen LogP contribution in [0.15, 0.2) is 12.1 Å². The quantitative estimate of drug-likeness (QED) is 0.862. The number of halogens is 2. The molecule has 0 unspecified atom stereocenters. The van der Waals surface area contributed by atoms with Gasteiger partial charge in [0.05, 0.1) is 15.7 Å². The molecule has 1 aromatic carbocycles. The molecule has 2 rings (SSSR count). The van der Waals surface area contributed by atoms with Crippen LogP contribution in [0.4, 0.5) is 10.5 Å². The van der Waals surface area contributed by atoms with Gasteiger partial charge in [0.1, 0.15) is 5.56 Å². The maximum atomic E-state index is 12.2. The van der Waals surface area contributed by atoms with Crippen LogP contribution < -0.4 is 5.32 Å². The summed E-state index contributed by atoms with van der Waals surface area (Å²) in [6.07, 6.45) is 1.87. The molecule has 0 atom stereocenters. The zero-order chi connectivity index (χ0) is 15.6. The molecule has 0 aliphatic carbocycles. The predicted molar refractivity (Wildman–Crippen MR) is 82.4 cm³/mol. The maximum Gasteiger partial charge on any atom is 0.339 e. The second-order valence-electron chi connectivity index (χ2n) is 5.18. The molecule has 2 amide bonds. The van der Waals surface area contributed by atoms with E-state index in [2.05, 4.69) is 12.2 Å². The second kappa shape index (κ2) is 6.54. The lowest BCUT2D eigenvalue weighted by atomic mass is 10.00. The highest BCUT2D eigenvalue weighted by Crippen LogP contribution is 2.32. The van der Waals surface area contributed by atoms with Gasteiger partial charge in [0, 0.05) is 13.1 Å². The van der Waals surface area contributed by atoms with Gasteiger partial charge in [-0.1, -0.05) is 30.1 Å². The van der Waals surface area contributed by atoms with Crippen molar-refractivity contribution in [3.63, 3.8) is 0 Å². The van der Waals surface area contributed by atoms with Gasteiger partial charge in [0.15, 0.2) is 0 Å². The van der Waals surface area contributed by atoms with Gasteiger partial charge in [-0.05, 0) is 30.9 Å². The Morgan fingerprint density at radius 3 is 2.38 bits per heavy atom. The summed E-state index contributed by atoms with van der Waals surface area (Å²) in [6.45, 7) is 3.44. The van der Waals surface area contributed by atoms with Crippen LogP contribution in [0.1, 0.15) is 30.1 Å². The van der Waals surface area contributed by atoms with E-state index in [1.54, 1.807) is 4.90 Å². The van der Waals surface area contributed by atoms with Crippen molar-refractivity contribution < 1.29 is 14.7 Å². The third-order valence-corrected chi connectivity index (χ3v) is 4.25.